The van der Waals surface area contributed by atoms with Crippen molar-refractivity contribution < 1.29 is 0 Å². The Bertz CT molecular complexity index is 841. The third kappa shape index (κ3) is 2.09. The van der Waals surface area contributed by atoms with E-state index in [1.54, 1.807) is 6.07 Å². The van der Waals surface area contributed by atoms with Gasteiger partial charge in [-0.05, 0) is 18.6 Å². The molecule has 0 saturated carbocycles. The van der Waals surface area contributed by atoms with Crippen LogP contribution in [0, 0.1) is 0 Å². The van der Waals surface area contributed by atoms with Gasteiger partial charge in [-0.1, -0.05) is 59.6 Å². The van der Waals surface area contributed by atoms with Crippen LogP contribution in [0.1, 0.15) is 5.56 Å². The molecule has 0 unspecified atom stereocenters. The summed E-state index contributed by atoms with van der Waals surface area (Å²) in [5, 5.41) is 9.23. The normalized spacial score (nSPS) is 13.0. The Hall–Kier alpha value is -1.97. The molecule has 0 saturated heterocycles. The molecule has 0 radical (unpaired) electrons. The molecule has 0 atom stereocenters. The van der Waals surface area contributed by atoms with Gasteiger partial charge in [0, 0.05) is 17.7 Å². The van der Waals surface area contributed by atoms with Crippen LogP contribution >= 0.6 is 23.2 Å². The number of hydrogen-bond acceptors (Lipinski definition) is 2. The first-order valence-electron chi connectivity index (χ1n) is 7.11. The Balaban J connectivity index is 1.94. The Morgan fingerprint density at radius 3 is 2.64 bits per heavy atom. The first-order valence-corrected chi connectivity index (χ1v) is 7.87. The smallest absolute Gasteiger partial charge is 0.133 e. The van der Waals surface area contributed by atoms with Gasteiger partial charge in [0.1, 0.15) is 5.82 Å². The zero-order valence-corrected chi connectivity index (χ0v) is 13.2. The second-order valence-corrected chi connectivity index (χ2v) is 5.99. The van der Waals surface area contributed by atoms with Crippen molar-refractivity contribution >= 4 is 29.0 Å². The van der Waals surface area contributed by atoms with Crippen molar-refractivity contribution in [3.63, 3.8) is 0 Å². The zero-order valence-electron chi connectivity index (χ0n) is 11.7. The van der Waals surface area contributed by atoms with Gasteiger partial charge in [-0.25, -0.2) is 4.68 Å². The molecule has 22 heavy (non-hydrogen) atoms. The molecule has 1 aliphatic rings. The minimum absolute atomic E-state index is 0.516. The summed E-state index contributed by atoms with van der Waals surface area (Å²) in [5.74, 6) is 1.00. The summed E-state index contributed by atoms with van der Waals surface area (Å²) in [6.45, 7) is 0.908. The van der Waals surface area contributed by atoms with E-state index in [0.29, 0.717) is 10.0 Å². The molecule has 3 aromatic rings. The largest absolute Gasteiger partial charge is 0.369 e. The van der Waals surface area contributed by atoms with Gasteiger partial charge in [0.05, 0.1) is 21.4 Å². The predicted molar refractivity (Wildman–Crippen MR) is 91.2 cm³/mol. The van der Waals surface area contributed by atoms with Gasteiger partial charge >= 0.3 is 0 Å². The van der Waals surface area contributed by atoms with E-state index in [9.17, 15) is 0 Å². The van der Waals surface area contributed by atoms with Crippen LogP contribution in [0.4, 0.5) is 5.82 Å². The van der Waals surface area contributed by atoms with Gasteiger partial charge in [0.2, 0.25) is 0 Å². The summed E-state index contributed by atoms with van der Waals surface area (Å²) in [5.41, 5.74) is 4.13. The number of halogens is 2. The summed E-state index contributed by atoms with van der Waals surface area (Å²) in [4.78, 5) is 0. The van der Waals surface area contributed by atoms with Crippen LogP contribution < -0.4 is 5.32 Å². The van der Waals surface area contributed by atoms with Gasteiger partial charge < -0.3 is 5.32 Å². The van der Waals surface area contributed by atoms with Crippen LogP contribution in [-0.4, -0.2) is 16.3 Å². The van der Waals surface area contributed by atoms with Gasteiger partial charge in [-0.15, -0.1) is 0 Å². The minimum atomic E-state index is 0.516. The van der Waals surface area contributed by atoms with Gasteiger partial charge in [-0.2, -0.15) is 5.10 Å². The molecule has 4 rings (SSSR count). The van der Waals surface area contributed by atoms with E-state index >= 15 is 0 Å². The third-order valence-electron chi connectivity index (χ3n) is 3.86. The lowest BCUT2D eigenvalue weighted by Crippen LogP contribution is -2.05. The average molecular weight is 330 g/mol. The Kier molecular flexibility index (Phi) is 3.32. The fraction of sp³-hybridized carbons (Fsp3) is 0.118. The molecule has 0 bridgehead atoms. The predicted octanol–water partition coefficient (Wildman–Crippen LogP) is 4.81. The van der Waals surface area contributed by atoms with Crippen molar-refractivity contribution in [3.8, 4) is 16.9 Å². The van der Waals surface area contributed by atoms with E-state index in [2.05, 4.69) is 17.4 Å². The van der Waals surface area contributed by atoms with E-state index in [1.165, 1.54) is 5.56 Å². The molecule has 0 aliphatic carbocycles. The highest BCUT2D eigenvalue weighted by Crippen LogP contribution is 2.37. The lowest BCUT2D eigenvalue weighted by molar-refractivity contribution is 0.883. The van der Waals surface area contributed by atoms with E-state index < -0.39 is 0 Å². The van der Waals surface area contributed by atoms with Crippen molar-refractivity contribution in [2.75, 3.05) is 11.9 Å². The zero-order chi connectivity index (χ0) is 15.1. The molecule has 1 N–H and O–H groups in total. The number of nitrogens with zero attached hydrogens (tertiary/aromatic N) is 2. The Morgan fingerprint density at radius 1 is 1.00 bits per heavy atom. The van der Waals surface area contributed by atoms with Gasteiger partial charge in [-0.3, -0.25) is 0 Å². The average Bonchev–Trinajstić information content (AvgIpc) is 3.13. The molecule has 0 fully saturated rings. The number of rotatable bonds is 2. The summed E-state index contributed by atoms with van der Waals surface area (Å²) in [6, 6.07) is 15.8. The third-order valence-corrected chi connectivity index (χ3v) is 4.67. The van der Waals surface area contributed by atoms with Gasteiger partial charge in [0.25, 0.3) is 0 Å². The van der Waals surface area contributed by atoms with E-state index in [-0.39, 0.29) is 0 Å². The summed E-state index contributed by atoms with van der Waals surface area (Å²) in [6.07, 6.45) is 0.956. The van der Waals surface area contributed by atoms with Crippen LogP contribution in [0.15, 0.2) is 48.5 Å². The van der Waals surface area contributed by atoms with Crippen molar-refractivity contribution in [3.05, 3.63) is 64.1 Å². The number of nitrogens with one attached hydrogen (secondary N) is 1. The monoisotopic (exact) mass is 329 g/mol. The van der Waals surface area contributed by atoms with Crippen LogP contribution in [0.5, 0.6) is 0 Å². The molecule has 1 aliphatic heterocycles. The second kappa shape index (κ2) is 5.34. The van der Waals surface area contributed by atoms with Crippen molar-refractivity contribution in [2.24, 2.45) is 0 Å². The number of fused-ring (bicyclic) bond motifs is 1. The quantitative estimate of drug-likeness (QED) is 0.730. The van der Waals surface area contributed by atoms with Crippen molar-refractivity contribution in [2.45, 2.75) is 6.42 Å². The number of hydrogen-bond donors (Lipinski definition) is 1. The summed E-state index contributed by atoms with van der Waals surface area (Å²) in [7, 11) is 0. The van der Waals surface area contributed by atoms with E-state index in [1.807, 2.05) is 35.0 Å². The first kappa shape index (κ1) is 13.7. The topological polar surface area (TPSA) is 29.9 Å². The molecular weight excluding hydrogens is 317 g/mol. The van der Waals surface area contributed by atoms with E-state index in [4.69, 9.17) is 28.3 Å². The van der Waals surface area contributed by atoms with E-state index in [0.717, 1.165) is 35.7 Å². The van der Waals surface area contributed by atoms with Crippen LogP contribution in [0.25, 0.3) is 16.9 Å². The summed E-state index contributed by atoms with van der Waals surface area (Å²) < 4.78 is 1.86. The fourth-order valence-electron chi connectivity index (χ4n) is 2.83. The first-order chi connectivity index (χ1) is 10.8. The molecule has 0 amide bonds. The summed E-state index contributed by atoms with van der Waals surface area (Å²) >= 11 is 12.5. The van der Waals surface area contributed by atoms with Crippen LogP contribution in [0.2, 0.25) is 10.0 Å². The van der Waals surface area contributed by atoms with Crippen molar-refractivity contribution in [1.29, 1.82) is 0 Å². The highest BCUT2D eigenvalue weighted by Gasteiger charge is 2.24. The maximum absolute atomic E-state index is 6.36. The maximum Gasteiger partial charge on any atom is 0.133 e. The molecule has 5 heteroatoms. The SMILES string of the molecule is Clc1cccc(-n2nc(-c3ccccc3)c3c2NCC3)c1Cl. The number of aromatic nitrogens is 2. The lowest BCUT2D eigenvalue weighted by atomic mass is 10.1. The number of anilines is 1. The molecule has 1 aromatic heterocycles. The lowest BCUT2D eigenvalue weighted by Gasteiger charge is -2.09. The molecular formula is C17H13Cl2N3. The molecule has 0 spiro atoms. The minimum Gasteiger partial charge on any atom is -0.369 e. The Labute approximate surface area is 138 Å². The highest BCUT2D eigenvalue weighted by atomic mass is 35.5. The maximum atomic E-state index is 6.36. The number of benzene rings is 2. The Morgan fingerprint density at radius 2 is 1.82 bits per heavy atom. The van der Waals surface area contributed by atoms with Crippen LogP contribution in [0.3, 0.4) is 0 Å². The second-order valence-electron chi connectivity index (χ2n) is 5.20. The van der Waals surface area contributed by atoms with Crippen molar-refractivity contribution in [1.82, 2.24) is 9.78 Å². The van der Waals surface area contributed by atoms with Crippen LogP contribution in [-0.2, 0) is 6.42 Å². The highest BCUT2D eigenvalue weighted by molar-refractivity contribution is 6.43. The molecule has 3 nitrogen and oxygen atoms in total. The fourth-order valence-corrected chi connectivity index (χ4v) is 3.21. The van der Waals surface area contributed by atoms with Gasteiger partial charge in [0.15, 0.2) is 0 Å². The standard InChI is InChI=1S/C17H13Cl2N3/c18-13-7-4-8-14(15(13)19)22-17-12(9-10-20-17)16(21-22)11-5-2-1-3-6-11/h1-8,20H,9-10H2. The molecule has 2 aromatic carbocycles. The molecule has 110 valence electrons. The molecule has 2 heterocycles.